The molecule has 0 radical (unpaired) electrons. The van der Waals surface area contributed by atoms with Gasteiger partial charge in [0.05, 0.1) is 25.4 Å². The van der Waals surface area contributed by atoms with Crippen molar-refractivity contribution in [2.24, 2.45) is 5.11 Å². The van der Waals surface area contributed by atoms with E-state index in [-0.39, 0.29) is 20.0 Å². The highest BCUT2D eigenvalue weighted by Crippen LogP contribution is 2.05. The van der Waals surface area contributed by atoms with E-state index in [0.717, 1.165) is 0 Å². The maximum atomic E-state index is 9.21. The fourth-order valence-electron chi connectivity index (χ4n) is 0.795. The van der Waals surface area contributed by atoms with Gasteiger partial charge in [0.25, 0.3) is 0 Å². The quantitative estimate of drug-likeness (QED) is 0.332. The minimum Gasteiger partial charge on any atom is -0.390 e. The van der Waals surface area contributed by atoms with Crippen LogP contribution in [0.5, 0.6) is 0 Å². The summed E-state index contributed by atoms with van der Waals surface area (Å²) in [5, 5.41) is 12.6. The van der Waals surface area contributed by atoms with Crippen LogP contribution in [0, 0.1) is 0 Å². The van der Waals surface area contributed by atoms with Crippen molar-refractivity contribution < 1.29 is 14.6 Å². The molecule has 0 amide bonds. The Labute approximate surface area is 63.3 Å². The summed E-state index contributed by atoms with van der Waals surface area (Å²) in [6.45, 7) is 0.517. The standard InChI is InChI=1S/C5H9N3O3/c6-8-7-4-1-10-3-11-2-5(4)9/h4-5,9H,1-3H2/t4-,5-/m0/s1. The topological polar surface area (TPSA) is 87.5 Å². The van der Waals surface area contributed by atoms with E-state index in [1.807, 2.05) is 0 Å². The van der Waals surface area contributed by atoms with Crippen molar-refractivity contribution in [1.82, 2.24) is 0 Å². The minimum absolute atomic E-state index is 0.147. The Morgan fingerprint density at radius 3 is 2.91 bits per heavy atom. The van der Waals surface area contributed by atoms with E-state index in [4.69, 9.17) is 15.0 Å². The van der Waals surface area contributed by atoms with Crippen LogP contribution in [0.25, 0.3) is 10.4 Å². The lowest BCUT2D eigenvalue weighted by molar-refractivity contribution is -0.0421. The third-order valence-electron chi connectivity index (χ3n) is 1.39. The van der Waals surface area contributed by atoms with Crippen LogP contribution >= 0.6 is 0 Å². The van der Waals surface area contributed by atoms with E-state index >= 15 is 0 Å². The molecule has 1 rings (SSSR count). The van der Waals surface area contributed by atoms with Crippen molar-refractivity contribution >= 4 is 0 Å². The molecular formula is C5H9N3O3. The molecule has 0 aliphatic carbocycles. The summed E-state index contributed by atoms with van der Waals surface area (Å²) < 4.78 is 9.71. The van der Waals surface area contributed by atoms with Crippen molar-refractivity contribution in [3.05, 3.63) is 10.4 Å². The number of hydrogen-bond donors (Lipinski definition) is 1. The monoisotopic (exact) mass is 159 g/mol. The van der Waals surface area contributed by atoms with Crippen LogP contribution in [0.3, 0.4) is 0 Å². The van der Waals surface area contributed by atoms with Gasteiger partial charge in [-0.2, -0.15) is 0 Å². The van der Waals surface area contributed by atoms with Gasteiger partial charge in [0, 0.05) is 4.91 Å². The smallest absolute Gasteiger partial charge is 0.146 e. The zero-order valence-electron chi connectivity index (χ0n) is 5.88. The second-order valence-corrected chi connectivity index (χ2v) is 2.20. The molecule has 0 unspecified atom stereocenters. The zero-order chi connectivity index (χ0) is 8.10. The molecule has 6 heteroatoms. The average Bonchev–Trinajstić information content (AvgIpc) is 2.18. The van der Waals surface area contributed by atoms with Gasteiger partial charge in [-0.25, -0.2) is 0 Å². The predicted molar refractivity (Wildman–Crippen MR) is 35.7 cm³/mol. The summed E-state index contributed by atoms with van der Waals surface area (Å²) in [6, 6.07) is -0.525. The molecule has 1 fully saturated rings. The summed E-state index contributed by atoms with van der Waals surface area (Å²) in [6.07, 6.45) is -0.756. The van der Waals surface area contributed by atoms with E-state index in [1.54, 1.807) is 0 Å². The Morgan fingerprint density at radius 1 is 1.45 bits per heavy atom. The van der Waals surface area contributed by atoms with Crippen LogP contribution in [0.15, 0.2) is 5.11 Å². The van der Waals surface area contributed by atoms with E-state index in [2.05, 4.69) is 10.0 Å². The molecule has 0 saturated carbocycles. The highest BCUT2D eigenvalue weighted by molar-refractivity contribution is 4.76. The first-order valence-electron chi connectivity index (χ1n) is 3.22. The maximum Gasteiger partial charge on any atom is 0.146 e. The SMILES string of the molecule is [N-]=[N+]=N[C@H]1COCOC[C@@H]1O. The van der Waals surface area contributed by atoms with E-state index in [0.29, 0.717) is 0 Å². The summed E-state index contributed by atoms with van der Waals surface area (Å²) in [7, 11) is 0. The molecule has 0 aromatic rings. The predicted octanol–water partition coefficient (Wildman–Crippen LogP) is 0.0305. The normalized spacial score (nSPS) is 32.1. The van der Waals surface area contributed by atoms with Gasteiger partial charge in [0.15, 0.2) is 0 Å². The van der Waals surface area contributed by atoms with Crippen LogP contribution in [-0.4, -0.2) is 37.3 Å². The average molecular weight is 159 g/mol. The molecule has 1 heterocycles. The van der Waals surface area contributed by atoms with Gasteiger partial charge in [-0.1, -0.05) is 5.11 Å². The first-order chi connectivity index (χ1) is 5.34. The van der Waals surface area contributed by atoms with Crippen molar-refractivity contribution in [3.63, 3.8) is 0 Å². The zero-order valence-corrected chi connectivity index (χ0v) is 5.88. The number of ether oxygens (including phenoxy) is 2. The van der Waals surface area contributed by atoms with Crippen LogP contribution in [0.1, 0.15) is 0 Å². The molecule has 6 nitrogen and oxygen atoms in total. The molecule has 2 atom stereocenters. The number of aliphatic hydroxyl groups excluding tert-OH is 1. The summed E-state index contributed by atoms with van der Waals surface area (Å²) in [5.74, 6) is 0. The lowest BCUT2D eigenvalue weighted by Gasteiger charge is -2.11. The fraction of sp³-hybridized carbons (Fsp3) is 1.00. The van der Waals surface area contributed by atoms with Gasteiger partial charge in [-0.15, -0.1) is 0 Å². The molecule has 1 saturated heterocycles. The highest BCUT2D eigenvalue weighted by atomic mass is 16.7. The number of nitrogens with zero attached hydrogens (tertiary/aromatic N) is 3. The van der Waals surface area contributed by atoms with Crippen LogP contribution in [0.4, 0.5) is 0 Å². The third-order valence-corrected chi connectivity index (χ3v) is 1.39. The molecule has 62 valence electrons. The van der Waals surface area contributed by atoms with Crippen molar-refractivity contribution in [2.75, 3.05) is 20.0 Å². The first-order valence-corrected chi connectivity index (χ1v) is 3.22. The Balaban J connectivity index is 2.51. The highest BCUT2D eigenvalue weighted by Gasteiger charge is 2.20. The molecule has 0 bridgehead atoms. The molecule has 0 aromatic carbocycles. The second-order valence-electron chi connectivity index (χ2n) is 2.20. The minimum atomic E-state index is -0.756. The van der Waals surface area contributed by atoms with Gasteiger partial charge in [-0.05, 0) is 5.53 Å². The van der Waals surface area contributed by atoms with E-state index in [1.165, 1.54) is 0 Å². The van der Waals surface area contributed by atoms with Gasteiger partial charge < -0.3 is 14.6 Å². The van der Waals surface area contributed by atoms with Gasteiger partial charge in [0.1, 0.15) is 6.79 Å². The van der Waals surface area contributed by atoms with Crippen LogP contribution in [0.2, 0.25) is 0 Å². The summed E-state index contributed by atoms with van der Waals surface area (Å²) in [5.41, 5.74) is 8.08. The van der Waals surface area contributed by atoms with Crippen molar-refractivity contribution in [3.8, 4) is 0 Å². The lowest BCUT2D eigenvalue weighted by atomic mass is 10.2. The number of rotatable bonds is 1. The lowest BCUT2D eigenvalue weighted by Crippen LogP contribution is -2.29. The molecule has 1 aliphatic rings. The fourth-order valence-corrected chi connectivity index (χ4v) is 0.795. The number of aliphatic hydroxyl groups is 1. The Morgan fingerprint density at radius 2 is 2.18 bits per heavy atom. The van der Waals surface area contributed by atoms with Crippen LogP contribution < -0.4 is 0 Å². The summed E-state index contributed by atoms with van der Waals surface area (Å²) >= 11 is 0. The third kappa shape index (κ3) is 2.36. The molecular weight excluding hydrogens is 150 g/mol. The van der Waals surface area contributed by atoms with Gasteiger partial charge in [-0.3, -0.25) is 0 Å². The molecule has 1 aliphatic heterocycles. The van der Waals surface area contributed by atoms with Crippen molar-refractivity contribution in [1.29, 1.82) is 0 Å². The van der Waals surface area contributed by atoms with E-state index in [9.17, 15) is 5.11 Å². The first kappa shape index (κ1) is 8.29. The van der Waals surface area contributed by atoms with Crippen molar-refractivity contribution in [2.45, 2.75) is 12.1 Å². The van der Waals surface area contributed by atoms with Gasteiger partial charge >= 0.3 is 0 Å². The molecule has 11 heavy (non-hydrogen) atoms. The largest absolute Gasteiger partial charge is 0.390 e. The maximum absolute atomic E-state index is 9.21. The molecule has 0 spiro atoms. The molecule has 0 aromatic heterocycles. The second kappa shape index (κ2) is 4.15. The number of hydrogen-bond acceptors (Lipinski definition) is 4. The Kier molecular flexibility index (Phi) is 3.13. The Bertz CT molecular complexity index is 168. The summed E-state index contributed by atoms with van der Waals surface area (Å²) in [4.78, 5) is 2.58. The van der Waals surface area contributed by atoms with E-state index < -0.39 is 12.1 Å². The molecule has 1 N–H and O–H groups in total. The number of azide groups is 1. The van der Waals surface area contributed by atoms with Crippen LogP contribution in [-0.2, 0) is 9.47 Å². The Hall–Kier alpha value is -0.810. The van der Waals surface area contributed by atoms with Gasteiger partial charge in [0.2, 0.25) is 0 Å².